The standard InChI is InChI=1S/C16H20N2O3S/c1-10-4-6-12(7-5-10)14-13(11(2)17-16(22)18-14)15(19)21-9-8-20-3/h4-7,13-14H,2,8-9H2,1,3H3,(H2,17,18,22)/t13-,14+/m0/s1. The molecule has 0 bridgehead atoms. The second-order valence-corrected chi connectivity index (χ2v) is 5.56. The molecule has 1 heterocycles. The van der Waals surface area contributed by atoms with Gasteiger partial charge < -0.3 is 20.1 Å². The Morgan fingerprint density at radius 2 is 2.00 bits per heavy atom. The van der Waals surface area contributed by atoms with E-state index in [0.29, 0.717) is 17.4 Å². The summed E-state index contributed by atoms with van der Waals surface area (Å²) in [7, 11) is 1.56. The monoisotopic (exact) mass is 320 g/mol. The van der Waals surface area contributed by atoms with Gasteiger partial charge in [0.25, 0.3) is 0 Å². The Labute approximate surface area is 135 Å². The fraction of sp³-hybridized carbons (Fsp3) is 0.375. The van der Waals surface area contributed by atoms with Crippen LogP contribution in [0.15, 0.2) is 36.5 Å². The summed E-state index contributed by atoms with van der Waals surface area (Å²) in [6.07, 6.45) is 0. The molecule has 0 aromatic heterocycles. The minimum Gasteiger partial charge on any atom is -0.463 e. The SMILES string of the molecule is C=C1NC(=S)N[C@H](c2ccc(C)cc2)[C@H]1C(=O)OCCOC. The highest BCUT2D eigenvalue weighted by Crippen LogP contribution is 2.30. The third kappa shape index (κ3) is 3.84. The van der Waals surface area contributed by atoms with Crippen LogP contribution < -0.4 is 10.6 Å². The maximum absolute atomic E-state index is 12.4. The Bertz CT molecular complexity index is 571. The third-order valence-electron chi connectivity index (χ3n) is 3.49. The van der Waals surface area contributed by atoms with E-state index in [1.807, 2.05) is 31.2 Å². The molecule has 0 aliphatic carbocycles. The number of thiocarbonyl (C=S) groups is 1. The number of ether oxygens (including phenoxy) is 2. The lowest BCUT2D eigenvalue weighted by atomic mass is 9.89. The van der Waals surface area contributed by atoms with Crippen molar-refractivity contribution in [3.8, 4) is 0 Å². The third-order valence-corrected chi connectivity index (χ3v) is 3.71. The van der Waals surface area contributed by atoms with Crippen LogP contribution in [0.25, 0.3) is 0 Å². The van der Waals surface area contributed by atoms with Gasteiger partial charge in [-0.3, -0.25) is 4.79 Å². The van der Waals surface area contributed by atoms with E-state index in [1.54, 1.807) is 7.11 Å². The lowest BCUT2D eigenvalue weighted by Crippen LogP contribution is -2.51. The Morgan fingerprint density at radius 3 is 2.64 bits per heavy atom. The highest BCUT2D eigenvalue weighted by Gasteiger charge is 2.37. The minimum absolute atomic E-state index is 0.212. The van der Waals surface area contributed by atoms with E-state index in [9.17, 15) is 4.79 Å². The molecule has 118 valence electrons. The summed E-state index contributed by atoms with van der Waals surface area (Å²) in [5.74, 6) is -0.901. The summed E-state index contributed by atoms with van der Waals surface area (Å²) in [4.78, 5) is 12.4. The van der Waals surface area contributed by atoms with Crippen molar-refractivity contribution in [2.24, 2.45) is 5.92 Å². The average Bonchev–Trinajstić information content (AvgIpc) is 2.47. The molecule has 1 fully saturated rings. The topological polar surface area (TPSA) is 59.6 Å². The molecule has 0 spiro atoms. The van der Waals surface area contributed by atoms with Crippen LogP contribution in [0, 0.1) is 12.8 Å². The number of nitrogens with one attached hydrogen (secondary N) is 2. The Hall–Kier alpha value is -1.92. The molecular formula is C16H20N2O3S. The van der Waals surface area contributed by atoms with Crippen LogP contribution in [0.5, 0.6) is 0 Å². The maximum atomic E-state index is 12.4. The average molecular weight is 320 g/mol. The van der Waals surface area contributed by atoms with Gasteiger partial charge >= 0.3 is 5.97 Å². The smallest absolute Gasteiger partial charge is 0.317 e. The van der Waals surface area contributed by atoms with Crippen LogP contribution in [-0.2, 0) is 14.3 Å². The molecule has 0 amide bonds. The first kappa shape index (κ1) is 16.5. The highest BCUT2D eigenvalue weighted by atomic mass is 32.1. The molecule has 2 N–H and O–H groups in total. The van der Waals surface area contributed by atoms with Gasteiger partial charge in [-0.1, -0.05) is 36.4 Å². The number of rotatable bonds is 5. The number of carbonyl (C=O) groups excluding carboxylic acids is 1. The molecule has 1 aromatic carbocycles. The van der Waals surface area contributed by atoms with E-state index in [4.69, 9.17) is 21.7 Å². The van der Waals surface area contributed by atoms with Crippen molar-refractivity contribution in [1.82, 2.24) is 10.6 Å². The Morgan fingerprint density at radius 1 is 1.32 bits per heavy atom. The van der Waals surface area contributed by atoms with E-state index < -0.39 is 5.92 Å². The summed E-state index contributed by atoms with van der Waals surface area (Å²) < 4.78 is 10.2. The number of benzene rings is 1. The van der Waals surface area contributed by atoms with Crippen LogP contribution in [0.3, 0.4) is 0 Å². The van der Waals surface area contributed by atoms with Gasteiger partial charge in [-0.15, -0.1) is 0 Å². The molecular weight excluding hydrogens is 300 g/mol. The predicted octanol–water partition coefficient (Wildman–Crippen LogP) is 1.83. The Kier molecular flexibility index (Phi) is 5.51. The van der Waals surface area contributed by atoms with E-state index in [1.165, 1.54) is 0 Å². The van der Waals surface area contributed by atoms with Gasteiger partial charge in [0.1, 0.15) is 12.5 Å². The molecule has 1 saturated heterocycles. The zero-order chi connectivity index (χ0) is 16.1. The van der Waals surface area contributed by atoms with Gasteiger partial charge in [-0.2, -0.15) is 0 Å². The van der Waals surface area contributed by atoms with Crippen molar-refractivity contribution in [3.63, 3.8) is 0 Å². The first-order valence-corrected chi connectivity index (χ1v) is 7.42. The zero-order valence-electron chi connectivity index (χ0n) is 12.7. The van der Waals surface area contributed by atoms with Gasteiger partial charge in [0, 0.05) is 12.8 Å². The van der Waals surface area contributed by atoms with E-state index in [0.717, 1.165) is 11.1 Å². The molecule has 2 rings (SSSR count). The van der Waals surface area contributed by atoms with Crippen LogP contribution in [-0.4, -0.2) is 31.4 Å². The van der Waals surface area contributed by atoms with Gasteiger partial charge in [0.2, 0.25) is 0 Å². The van der Waals surface area contributed by atoms with Crippen molar-refractivity contribution in [1.29, 1.82) is 0 Å². The fourth-order valence-corrected chi connectivity index (χ4v) is 2.59. The number of carbonyl (C=O) groups is 1. The fourth-order valence-electron chi connectivity index (χ4n) is 2.33. The molecule has 2 atom stereocenters. The molecule has 0 radical (unpaired) electrons. The molecule has 22 heavy (non-hydrogen) atoms. The van der Waals surface area contributed by atoms with E-state index in [2.05, 4.69) is 17.2 Å². The molecule has 1 aliphatic heterocycles. The lowest BCUT2D eigenvalue weighted by Gasteiger charge is -2.34. The van der Waals surface area contributed by atoms with Crippen molar-refractivity contribution in [2.75, 3.05) is 20.3 Å². The molecule has 1 aromatic rings. The second kappa shape index (κ2) is 7.38. The molecule has 6 heteroatoms. The normalized spacial score (nSPS) is 21.0. The molecule has 1 aliphatic rings. The van der Waals surface area contributed by atoms with Crippen LogP contribution in [0.1, 0.15) is 17.2 Å². The zero-order valence-corrected chi connectivity index (χ0v) is 13.5. The number of aryl methyl sites for hydroxylation is 1. The van der Waals surface area contributed by atoms with Gasteiger partial charge in [0.05, 0.1) is 12.6 Å². The van der Waals surface area contributed by atoms with Crippen molar-refractivity contribution < 1.29 is 14.3 Å². The molecule has 5 nitrogen and oxygen atoms in total. The largest absolute Gasteiger partial charge is 0.463 e. The van der Waals surface area contributed by atoms with E-state index >= 15 is 0 Å². The minimum atomic E-state index is -0.550. The summed E-state index contributed by atoms with van der Waals surface area (Å²) in [5.41, 5.74) is 2.65. The van der Waals surface area contributed by atoms with Crippen molar-refractivity contribution in [2.45, 2.75) is 13.0 Å². The maximum Gasteiger partial charge on any atom is 0.317 e. The van der Waals surface area contributed by atoms with Gasteiger partial charge in [0.15, 0.2) is 5.11 Å². The molecule has 0 unspecified atom stereocenters. The number of methoxy groups -OCH3 is 1. The summed E-state index contributed by atoms with van der Waals surface area (Å²) in [5, 5.41) is 6.49. The van der Waals surface area contributed by atoms with Crippen LogP contribution in [0.4, 0.5) is 0 Å². The second-order valence-electron chi connectivity index (χ2n) is 5.15. The summed E-state index contributed by atoms with van der Waals surface area (Å²) in [6.45, 7) is 6.50. The highest BCUT2D eigenvalue weighted by molar-refractivity contribution is 7.80. The number of hydrogen-bond donors (Lipinski definition) is 2. The number of esters is 1. The summed E-state index contributed by atoms with van der Waals surface area (Å²) in [6, 6.07) is 7.65. The first-order chi connectivity index (χ1) is 10.5. The lowest BCUT2D eigenvalue weighted by molar-refractivity contribution is -0.149. The van der Waals surface area contributed by atoms with Crippen molar-refractivity contribution in [3.05, 3.63) is 47.7 Å². The molecule has 0 saturated carbocycles. The van der Waals surface area contributed by atoms with Crippen molar-refractivity contribution >= 4 is 23.3 Å². The van der Waals surface area contributed by atoms with Crippen LogP contribution >= 0.6 is 12.2 Å². The quantitative estimate of drug-likeness (QED) is 0.490. The number of hydrogen-bond acceptors (Lipinski definition) is 4. The predicted molar refractivity (Wildman–Crippen MR) is 88.3 cm³/mol. The first-order valence-electron chi connectivity index (χ1n) is 7.01. The summed E-state index contributed by atoms with van der Waals surface area (Å²) >= 11 is 5.18. The van der Waals surface area contributed by atoms with Gasteiger partial charge in [-0.05, 0) is 24.7 Å². The van der Waals surface area contributed by atoms with E-state index in [-0.39, 0.29) is 18.6 Å². The Balaban J connectivity index is 2.21. The van der Waals surface area contributed by atoms with Gasteiger partial charge in [-0.25, -0.2) is 0 Å². The van der Waals surface area contributed by atoms with Crippen LogP contribution in [0.2, 0.25) is 0 Å².